The second-order valence-electron chi connectivity index (χ2n) is 8.20. The third-order valence-electron chi connectivity index (χ3n) is 6.51. The Hall–Kier alpha value is -3.06. The molecule has 3 unspecified atom stereocenters. The maximum absolute atomic E-state index is 2.50. The number of benzene rings is 3. The Morgan fingerprint density at radius 3 is 2.45 bits per heavy atom. The minimum absolute atomic E-state index is 0.348. The smallest absolute Gasteiger partial charge is 0.0629 e. The van der Waals surface area contributed by atoms with E-state index in [1.54, 1.807) is 0 Å². The van der Waals surface area contributed by atoms with Crippen LogP contribution < -0.4 is 4.90 Å². The van der Waals surface area contributed by atoms with Crippen LogP contribution in [0.1, 0.15) is 43.2 Å². The van der Waals surface area contributed by atoms with Crippen LogP contribution in [0.25, 0.3) is 11.1 Å². The molecule has 0 saturated carbocycles. The summed E-state index contributed by atoms with van der Waals surface area (Å²) in [5.74, 6) is 1.04. The van der Waals surface area contributed by atoms with Crippen molar-refractivity contribution in [3.63, 3.8) is 0 Å². The number of nitrogens with zero attached hydrogens (tertiary/aromatic N) is 1. The van der Waals surface area contributed by atoms with Gasteiger partial charge in [0.05, 0.1) is 6.04 Å². The molecule has 3 atom stereocenters. The Bertz CT molecular complexity index is 1070. The van der Waals surface area contributed by atoms with Crippen LogP contribution in [0.4, 0.5) is 11.4 Å². The normalized spacial score (nSPS) is 20.4. The van der Waals surface area contributed by atoms with Crippen LogP contribution in [0.2, 0.25) is 0 Å². The second-order valence-corrected chi connectivity index (χ2v) is 8.20. The van der Waals surface area contributed by atoms with Gasteiger partial charge in [-0.15, -0.1) is 0 Å². The fraction of sp³-hybridized carbons (Fsp3) is 0.214. The number of hydrogen-bond donors (Lipinski definition) is 0. The SMILES string of the molecule is CCC(C)c1ccc(-c2cccc(N3c4ccccc4C4C=CC=CC43)c2)cc1. The molecule has 3 aromatic carbocycles. The number of hydrogen-bond acceptors (Lipinski definition) is 1. The number of anilines is 2. The molecule has 1 heteroatoms. The van der Waals surface area contributed by atoms with Crippen molar-refractivity contribution < 1.29 is 0 Å². The first kappa shape index (κ1) is 18.0. The number of allylic oxidation sites excluding steroid dienone is 2. The summed E-state index contributed by atoms with van der Waals surface area (Å²) in [6.07, 6.45) is 10.2. The summed E-state index contributed by atoms with van der Waals surface area (Å²) in [4.78, 5) is 2.50. The first-order valence-corrected chi connectivity index (χ1v) is 10.7. The van der Waals surface area contributed by atoms with Crippen LogP contribution in [0, 0.1) is 0 Å². The lowest BCUT2D eigenvalue weighted by Crippen LogP contribution is -2.28. The molecular formula is C28H27N. The molecular weight excluding hydrogens is 350 g/mol. The van der Waals surface area contributed by atoms with Crippen molar-refractivity contribution >= 4 is 11.4 Å². The van der Waals surface area contributed by atoms with Gasteiger partial charge in [-0.1, -0.05) is 92.7 Å². The molecule has 0 N–H and O–H groups in total. The fourth-order valence-electron chi connectivity index (χ4n) is 4.67. The number of fused-ring (bicyclic) bond motifs is 3. The zero-order chi connectivity index (χ0) is 19.8. The van der Waals surface area contributed by atoms with E-state index in [9.17, 15) is 0 Å². The molecule has 1 aliphatic heterocycles. The van der Waals surface area contributed by atoms with Crippen molar-refractivity contribution in [2.75, 3.05) is 4.90 Å². The zero-order valence-corrected chi connectivity index (χ0v) is 17.1. The Morgan fingerprint density at radius 1 is 0.828 bits per heavy atom. The molecule has 1 nitrogen and oxygen atoms in total. The zero-order valence-electron chi connectivity index (χ0n) is 17.1. The van der Waals surface area contributed by atoms with Gasteiger partial charge in [0.1, 0.15) is 0 Å². The van der Waals surface area contributed by atoms with Gasteiger partial charge < -0.3 is 4.90 Å². The van der Waals surface area contributed by atoms with Gasteiger partial charge in [-0.05, 0) is 52.8 Å². The minimum Gasteiger partial charge on any atom is -0.333 e. The van der Waals surface area contributed by atoms with E-state index in [1.807, 2.05) is 0 Å². The molecule has 1 aliphatic carbocycles. The summed E-state index contributed by atoms with van der Waals surface area (Å²) in [6, 6.07) is 27.3. The van der Waals surface area contributed by atoms with E-state index in [1.165, 1.54) is 40.0 Å². The van der Waals surface area contributed by atoms with Crippen molar-refractivity contribution in [1.82, 2.24) is 0 Å². The molecule has 144 valence electrons. The lowest BCUT2D eigenvalue weighted by Gasteiger charge is -2.29. The summed E-state index contributed by atoms with van der Waals surface area (Å²) in [6.45, 7) is 4.54. The van der Waals surface area contributed by atoms with Crippen LogP contribution in [-0.2, 0) is 0 Å². The summed E-state index contributed by atoms with van der Waals surface area (Å²) in [7, 11) is 0. The van der Waals surface area contributed by atoms with Gasteiger partial charge in [0, 0.05) is 17.3 Å². The molecule has 0 bridgehead atoms. The molecule has 0 saturated heterocycles. The maximum atomic E-state index is 2.50. The van der Waals surface area contributed by atoms with Crippen molar-refractivity contribution in [1.29, 1.82) is 0 Å². The average Bonchev–Trinajstić information content (AvgIpc) is 3.13. The molecule has 0 spiro atoms. The van der Waals surface area contributed by atoms with Crippen molar-refractivity contribution in [3.05, 3.63) is 108 Å². The largest absolute Gasteiger partial charge is 0.333 e. The third kappa shape index (κ3) is 3.11. The average molecular weight is 378 g/mol. The molecule has 29 heavy (non-hydrogen) atoms. The number of rotatable bonds is 4. The lowest BCUT2D eigenvalue weighted by molar-refractivity contribution is 0.734. The van der Waals surface area contributed by atoms with E-state index in [-0.39, 0.29) is 0 Å². The molecule has 0 fully saturated rings. The second kappa shape index (κ2) is 7.40. The summed E-state index contributed by atoms with van der Waals surface area (Å²) in [5.41, 5.74) is 7.97. The van der Waals surface area contributed by atoms with Crippen LogP contribution in [0.3, 0.4) is 0 Å². The van der Waals surface area contributed by atoms with E-state index in [4.69, 9.17) is 0 Å². The summed E-state index contributed by atoms with van der Waals surface area (Å²) < 4.78 is 0. The standard InChI is InChI=1S/C28H27N/c1-3-20(2)21-15-17-22(18-16-21)23-9-8-10-24(19-23)29-27-13-6-4-11-25(27)26-12-5-7-14-28(26)29/h4-20,25,27H,3H2,1-2H3. The van der Waals surface area contributed by atoms with E-state index in [2.05, 4.69) is 116 Å². The van der Waals surface area contributed by atoms with Gasteiger partial charge in [-0.25, -0.2) is 0 Å². The van der Waals surface area contributed by atoms with Crippen molar-refractivity contribution in [2.45, 2.75) is 38.1 Å². The molecule has 5 rings (SSSR count). The van der Waals surface area contributed by atoms with E-state index < -0.39 is 0 Å². The Labute approximate surface area is 174 Å². The first-order chi connectivity index (χ1) is 14.3. The van der Waals surface area contributed by atoms with Gasteiger partial charge in [0.25, 0.3) is 0 Å². The topological polar surface area (TPSA) is 3.24 Å². The van der Waals surface area contributed by atoms with Gasteiger partial charge in [-0.2, -0.15) is 0 Å². The molecule has 2 aliphatic rings. The van der Waals surface area contributed by atoms with Crippen LogP contribution in [0.15, 0.2) is 97.1 Å². The van der Waals surface area contributed by atoms with Gasteiger partial charge in [0.15, 0.2) is 0 Å². The number of para-hydroxylation sites is 1. The van der Waals surface area contributed by atoms with Crippen LogP contribution >= 0.6 is 0 Å². The van der Waals surface area contributed by atoms with Gasteiger partial charge in [-0.3, -0.25) is 0 Å². The predicted molar refractivity (Wildman–Crippen MR) is 124 cm³/mol. The Morgan fingerprint density at radius 2 is 1.62 bits per heavy atom. The Balaban J connectivity index is 1.53. The van der Waals surface area contributed by atoms with Gasteiger partial charge in [0.2, 0.25) is 0 Å². The summed E-state index contributed by atoms with van der Waals surface area (Å²) in [5, 5.41) is 0. The lowest BCUT2D eigenvalue weighted by atomic mass is 9.91. The van der Waals surface area contributed by atoms with E-state index in [0.717, 1.165) is 0 Å². The van der Waals surface area contributed by atoms with Gasteiger partial charge >= 0.3 is 0 Å². The highest BCUT2D eigenvalue weighted by Crippen LogP contribution is 2.47. The van der Waals surface area contributed by atoms with Crippen molar-refractivity contribution in [3.8, 4) is 11.1 Å². The highest BCUT2D eigenvalue weighted by Gasteiger charge is 2.36. The monoisotopic (exact) mass is 377 g/mol. The van der Waals surface area contributed by atoms with Crippen molar-refractivity contribution in [2.24, 2.45) is 0 Å². The van der Waals surface area contributed by atoms with Crippen LogP contribution in [-0.4, -0.2) is 6.04 Å². The Kier molecular flexibility index (Phi) is 4.60. The fourth-order valence-corrected chi connectivity index (χ4v) is 4.67. The molecule has 0 radical (unpaired) electrons. The third-order valence-corrected chi connectivity index (χ3v) is 6.51. The first-order valence-electron chi connectivity index (χ1n) is 10.7. The molecule has 3 aromatic rings. The molecule has 1 heterocycles. The quantitative estimate of drug-likeness (QED) is 0.452. The molecule has 0 aromatic heterocycles. The predicted octanol–water partition coefficient (Wildman–Crippen LogP) is 7.60. The highest BCUT2D eigenvalue weighted by atomic mass is 15.2. The van der Waals surface area contributed by atoms with Crippen LogP contribution in [0.5, 0.6) is 0 Å². The highest BCUT2D eigenvalue weighted by molar-refractivity contribution is 5.78. The minimum atomic E-state index is 0.348. The molecule has 0 amide bonds. The van der Waals surface area contributed by atoms with E-state index in [0.29, 0.717) is 17.9 Å². The maximum Gasteiger partial charge on any atom is 0.0629 e. The summed E-state index contributed by atoms with van der Waals surface area (Å²) >= 11 is 0. The van der Waals surface area contributed by atoms with E-state index >= 15 is 0 Å².